The van der Waals surface area contributed by atoms with Gasteiger partial charge in [-0.15, -0.1) is 0 Å². The minimum Gasteiger partial charge on any atom is -0.393 e. The number of ether oxygens (including phenoxy) is 1. The Morgan fingerprint density at radius 1 is 1.40 bits per heavy atom. The number of fused-ring (bicyclic) bond motifs is 5. The lowest BCUT2D eigenvalue weighted by Gasteiger charge is -2.24. The third-order valence-corrected chi connectivity index (χ3v) is 3.64. The minimum absolute atomic E-state index is 0.277. The van der Waals surface area contributed by atoms with E-state index >= 15 is 0 Å². The van der Waals surface area contributed by atoms with Crippen molar-refractivity contribution in [3.8, 4) is 0 Å². The molecule has 15 heavy (non-hydrogen) atoms. The zero-order valence-electron chi connectivity index (χ0n) is 8.19. The van der Waals surface area contributed by atoms with Gasteiger partial charge in [0.2, 0.25) is 11.8 Å². The Morgan fingerprint density at radius 3 is 2.73 bits per heavy atom. The summed E-state index contributed by atoms with van der Waals surface area (Å²) in [7, 11) is 0. The zero-order chi connectivity index (χ0) is 10.8. The van der Waals surface area contributed by atoms with Crippen LogP contribution in [-0.2, 0) is 14.3 Å². The van der Waals surface area contributed by atoms with Crippen LogP contribution in [0.4, 0.5) is 0 Å². The molecule has 3 heterocycles. The van der Waals surface area contributed by atoms with E-state index in [0.29, 0.717) is 0 Å². The van der Waals surface area contributed by atoms with Crippen LogP contribution < -0.4 is 5.32 Å². The van der Waals surface area contributed by atoms with E-state index in [-0.39, 0.29) is 18.4 Å². The van der Waals surface area contributed by atoms with E-state index in [1.807, 2.05) is 0 Å². The van der Waals surface area contributed by atoms with Gasteiger partial charge < -0.3 is 9.84 Å². The van der Waals surface area contributed by atoms with Crippen LogP contribution in [0.3, 0.4) is 0 Å². The molecule has 2 bridgehead atoms. The van der Waals surface area contributed by atoms with Crippen LogP contribution in [0.1, 0.15) is 6.92 Å². The summed E-state index contributed by atoms with van der Waals surface area (Å²) in [5.41, 5.74) is -1.74. The third-order valence-electron chi connectivity index (χ3n) is 3.64. The van der Waals surface area contributed by atoms with Crippen molar-refractivity contribution in [2.45, 2.75) is 18.1 Å². The largest absolute Gasteiger partial charge is 0.393 e. The Balaban J connectivity index is 2.16. The molecule has 2 fully saturated rings. The molecule has 0 aliphatic carbocycles. The second-order valence-corrected chi connectivity index (χ2v) is 4.54. The number of aliphatic hydroxyl groups is 1. The van der Waals surface area contributed by atoms with Gasteiger partial charge in [-0.3, -0.25) is 14.9 Å². The van der Waals surface area contributed by atoms with E-state index in [2.05, 4.69) is 5.32 Å². The van der Waals surface area contributed by atoms with Crippen LogP contribution in [-0.4, -0.2) is 34.7 Å². The predicted molar refractivity (Wildman–Crippen MR) is 48.6 cm³/mol. The molecule has 5 nitrogen and oxygen atoms in total. The molecule has 0 spiro atoms. The van der Waals surface area contributed by atoms with Crippen molar-refractivity contribution in [1.29, 1.82) is 0 Å². The van der Waals surface area contributed by atoms with Gasteiger partial charge in [0, 0.05) is 0 Å². The van der Waals surface area contributed by atoms with E-state index < -0.39 is 23.0 Å². The van der Waals surface area contributed by atoms with E-state index in [4.69, 9.17) is 4.74 Å². The lowest BCUT2D eigenvalue weighted by atomic mass is 9.73. The fourth-order valence-corrected chi connectivity index (χ4v) is 2.98. The number of carbonyl (C=O) groups excluding carboxylic acids is 2. The van der Waals surface area contributed by atoms with Crippen molar-refractivity contribution in [1.82, 2.24) is 5.32 Å². The molecule has 3 aliphatic heterocycles. The summed E-state index contributed by atoms with van der Waals surface area (Å²) in [4.78, 5) is 23.2. The van der Waals surface area contributed by atoms with Crippen LogP contribution in [0.25, 0.3) is 0 Å². The number of carbonyl (C=O) groups is 2. The number of nitrogens with one attached hydrogen (secondary N) is 1. The Labute approximate surface area is 86.1 Å². The highest BCUT2D eigenvalue weighted by molar-refractivity contribution is 6.07. The summed E-state index contributed by atoms with van der Waals surface area (Å²) in [6, 6.07) is 0. The smallest absolute Gasteiger partial charge is 0.233 e. The maximum Gasteiger partial charge on any atom is 0.233 e. The molecular formula is C10H11NO4. The maximum absolute atomic E-state index is 11.6. The SMILES string of the molecule is C[C@]12C=C[C@@](CO)(O1)[C@H]1C(=O)NC(=O)[C@@H]12. The number of hydrogen-bond acceptors (Lipinski definition) is 4. The molecule has 3 aliphatic rings. The first-order chi connectivity index (χ1) is 7.02. The van der Waals surface area contributed by atoms with Gasteiger partial charge in [0.1, 0.15) is 5.60 Å². The maximum atomic E-state index is 11.6. The van der Waals surface area contributed by atoms with Gasteiger partial charge >= 0.3 is 0 Å². The van der Waals surface area contributed by atoms with E-state index in [1.165, 1.54) is 0 Å². The highest BCUT2D eigenvalue weighted by Crippen LogP contribution is 2.55. The zero-order valence-corrected chi connectivity index (χ0v) is 8.19. The van der Waals surface area contributed by atoms with Gasteiger partial charge in [-0.1, -0.05) is 12.2 Å². The van der Waals surface area contributed by atoms with Crippen molar-refractivity contribution < 1.29 is 19.4 Å². The molecule has 0 aromatic rings. The van der Waals surface area contributed by atoms with Gasteiger partial charge in [0.25, 0.3) is 0 Å². The number of rotatable bonds is 1. The number of hydrogen-bond donors (Lipinski definition) is 2. The topological polar surface area (TPSA) is 75.6 Å². The van der Waals surface area contributed by atoms with E-state index in [0.717, 1.165) is 0 Å². The van der Waals surface area contributed by atoms with Crippen molar-refractivity contribution in [3.05, 3.63) is 12.2 Å². The van der Waals surface area contributed by atoms with Crippen molar-refractivity contribution >= 4 is 11.8 Å². The molecule has 80 valence electrons. The summed E-state index contributed by atoms with van der Waals surface area (Å²) in [6.45, 7) is 1.49. The lowest BCUT2D eigenvalue weighted by Crippen LogP contribution is -2.42. The summed E-state index contributed by atoms with van der Waals surface area (Å²) in [5.74, 6) is -1.72. The van der Waals surface area contributed by atoms with Gasteiger partial charge in [-0.05, 0) is 6.92 Å². The number of imide groups is 1. The first-order valence-corrected chi connectivity index (χ1v) is 4.88. The first-order valence-electron chi connectivity index (χ1n) is 4.88. The van der Waals surface area contributed by atoms with Crippen LogP contribution in [0.2, 0.25) is 0 Å². The van der Waals surface area contributed by atoms with Gasteiger partial charge in [0.05, 0.1) is 24.0 Å². The van der Waals surface area contributed by atoms with Crippen LogP contribution in [0, 0.1) is 11.8 Å². The normalized spacial score (nSPS) is 51.1. The second-order valence-electron chi connectivity index (χ2n) is 4.54. The minimum atomic E-state index is -0.990. The summed E-state index contributed by atoms with van der Waals surface area (Å²) in [5, 5.41) is 11.6. The molecule has 0 aromatic heterocycles. The monoisotopic (exact) mass is 209 g/mol. The van der Waals surface area contributed by atoms with Crippen LogP contribution >= 0.6 is 0 Å². The van der Waals surface area contributed by atoms with Gasteiger partial charge in [0.15, 0.2) is 0 Å². The Kier molecular flexibility index (Phi) is 1.39. The van der Waals surface area contributed by atoms with Crippen molar-refractivity contribution in [2.24, 2.45) is 11.8 Å². The Bertz CT molecular complexity index is 404. The molecule has 0 saturated carbocycles. The number of amides is 2. The molecule has 2 amide bonds. The summed E-state index contributed by atoms with van der Waals surface area (Å²) >= 11 is 0. The summed E-state index contributed by atoms with van der Waals surface area (Å²) in [6.07, 6.45) is 3.47. The molecule has 3 rings (SSSR count). The van der Waals surface area contributed by atoms with E-state index in [9.17, 15) is 14.7 Å². The quantitative estimate of drug-likeness (QED) is 0.427. The molecule has 0 unspecified atom stereocenters. The summed E-state index contributed by atoms with van der Waals surface area (Å²) < 4.78 is 5.66. The molecular weight excluding hydrogens is 198 g/mol. The third kappa shape index (κ3) is 0.815. The Hall–Kier alpha value is -1.20. The number of aliphatic hydroxyl groups excluding tert-OH is 1. The molecule has 0 radical (unpaired) electrons. The van der Waals surface area contributed by atoms with E-state index in [1.54, 1.807) is 19.1 Å². The molecule has 0 aromatic carbocycles. The standard InChI is InChI=1S/C10H11NO4/c1-9-2-3-10(4-12,15-9)6-5(9)7(13)11-8(6)14/h2-3,5-6,12H,4H2,1H3,(H,11,13,14)/t5-,6-,9-,10+/m1/s1. The molecule has 4 atom stereocenters. The molecule has 2 saturated heterocycles. The molecule has 2 N–H and O–H groups in total. The predicted octanol–water partition coefficient (Wildman–Crippen LogP) is -1.03. The fraction of sp³-hybridized carbons (Fsp3) is 0.600. The average Bonchev–Trinajstić information content (AvgIpc) is 2.75. The molecule has 5 heteroatoms. The fourth-order valence-electron chi connectivity index (χ4n) is 2.98. The van der Waals surface area contributed by atoms with Gasteiger partial charge in [-0.2, -0.15) is 0 Å². The highest BCUT2D eigenvalue weighted by atomic mass is 16.5. The van der Waals surface area contributed by atoms with Crippen molar-refractivity contribution in [2.75, 3.05) is 6.61 Å². The lowest BCUT2D eigenvalue weighted by molar-refractivity contribution is -0.134. The first kappa shape index (κ1) is 9.06. The highest BCUT2D eigenvalue weighted by Gasteiger charge is 2.69. The van der Waals surface area contributed by atoms with Crippen molar-refractivity contribution in [3.63, 3.8) is 0 Å². The van der Waals surface area contributed by atoms with Gasteiger partial charge in [-0.25, -0.2) is 0 Å². The average molecular weight is 209 g/mol. The van der Waals surface area contributed by atoms with Crippen LogP contribution in [0.5, 0.6) is 0 Å². The van der Waals surface area contributed by atoms with Crippen LogP contribution in [0.15, 0.2) is 12.2 Å². The second kappa shape index (κ2) is 2.31. The Morgan fingerprint density at radius 2 is 2.07 bits per heavy atom.